The van der Waals surface area contributed by atoms with E-state index < -0.39 is 0 Å². The van der Waals surface area contributed by atoms with E-state index in [0.717, 1.165) is 40.8 Å². The van der Waals surface area contributed by atoms with Crippen molar-refractivity contribution in [3.05, 3.63) is 53.7 Å². The molecule has 0 spiro atoms. The Morgan fingerprint density at radius 2 is 2.06 bits per heavy atom. The molecule has 8 heteroatoms. The Morgan fingerprint density at radius 1 is 1.25 bits per heavy atom. The number of aliphatic hydroxyl groups excluding tert-OH is 1. The maximum Gasteiger partial charge on any atom is 0.144 e. The van der Waals surface area contributed by atoms with Crippen LogP contribution in [0.5, 0.6) is 0 Å². The minimum atomic E-state index is -0.107. The molecule has 0 unspecified atom stereocenters. The molecule has 3 heterocycles. The van der Waals surface area contributed by atoms with Crippen LogP contribution in [0.4, 0.5) is 5.69 Å². The highest BCUT2D eigenvalue weighted by atomic mass is 16.5. The number of nitrogens with one attached hydrogen (secondary N) is 1. The minimum absolute atomic E-state index is 0.107. The number of aliphatic hydroxyl groups is 1. The molecule has 2 aromatic heterocycles. The van der Waals surface area contributed by atoms with Crippen molar-refractivity contribution in [1.82, 2.24) is 9.61 Å². The van der Waals surface area contributed by atoms with Crippen molar-refractivity contribution in [3.63, 3.8) is 0 Å². The summed E-state index contributed by atoms with van der Waals surface area (Å²) in [5.74, 6) is 0.425. The van der Waals surface area contributed by atoms with Gasteiger partial charge in [0.25, 0.3) is 0 Å². The molecule has 1 aliphatic heterocycles. The zero-order chi connectivity index (χ0) is 22.6. The van der Waals surface area contributed by atoms with Crippen LogP contribution in [0.15, 0.2) is 53.0 Å². The van der Waals surface area contributed by atoms with Crippen molar-refractivity contribution in [3.8, 4) is 0 Å². The fraction of sp³-hybridized carbons (Fsp3) is 0.458. The summed E-state index contributed by atoms with van der Waals surface area (Å²) < 4.78 is 8.52. The Bertz CT molecular complexity index is 1080. The maximum absolute atomic E-state index is 9.06. The van der Waals surface area contributed by atoms with E-state index in [1.165, 1.54) is 38.4 Å². The fourth-order valence-electron chi connectivity index (χ4n) is 4.53. The number of allylic oxidation sites excluding steroid dienone is 2. The van der Waals surface area contributed by atoms with E-state index in [1.54, 1.807) is 6.08 Å². The van der Waals surface area contributed by atoms with Gasteiger partial charge in [0.1, 0.15) is 18.1 Å². The van der Waals surface area contributed by atoms with E-state index >= 15 is 0 Å². The third kappa shape index (κ3) is 4.92. The van der Waals surface area contributed by atoms with Crippen LogP contribution in [-0.4, -0.2) is 70.5 Å². The fourth-order valence-corrected chi connectivity index (χ4v) is 4.53. The molecule has 0 bridgehead atoms. The van der Waals surface area contributed by atoms with Gasteiger partial charge in [0.2, 0.25) is 0 Å². The number of piperidine rings is 1. The van der Waals surface area contributed by atoms with Crippen molar-refractivity contribution in [2.75, 3.05) is 39.9 Å². The number of rotatable bonds is 8. The molecule has 0 saturated carbocycles. The quantitative estimate of drug-likeness (QED) is 0.436. The number of nitrogens with two attached hydrogens (primary N) is 1. The van der Waals surface area contributed by atoms with Crippen molar-refractivity contribution in [2.24, 2.45) is 10.7 Å². The van der Waals surface area contributed by atoms with Crippen LogP contribution < -0.4 is 5.73 Å². The molecule has 32 heavy (non-hydrogen) atoms. The average molecular weight is 438 g/mol. The number of ether oxygens (including phenoxy) is 1. The Morgan fingerprint density at radius 3 is 2.84 bits per heavy atom. The smallest absolute Gasteiger partial charge is 0.144 e. The first-order valence-corrected chi connectivity index (χ1v) is 11.4. The molecule has 1 aliphatic carbocycles. The first-order valence-electron chi connectivity index (χ1n) is 11.4. The molecular formula is C24H33N6O2+. The normalized spacial score (nSPS) is 19.8. The minimum Gasteiger partial charge on any atom is -0.489 e. The molecule has 2 aliphatic rings. The average Bonchev–Trinajstić information content (AvgIpc) is 3.12. The highest BCUT2D eigenvalue weighted by Crippen LogP contribution is 2.28. The molecule has 4 N–H and O–H groups in total. The van der Waals surface area contributed by atoms with Crippen LogP contribution >= 0.6 is 0 Å². The topological polar surface area (TPSA) is 109 Å². The Kier molecular flexibility index (Phi) is 6.72. The van der Waals surface area contributed by atoms with E-state index in [0.29, 0.717) is 17.2 Å². The summed E-state index contributed by atoms with van der Waals surface area (Å²) in [5.41, 5.74) is 9.69. The first-order chi connectivity index (χ1) is 15.5. The molecule has 170 valence electrons. The number of hydrogen-bond acceptors (Lipinski definition) is 6. The van der Waals surface area contributed by atoms with Gasteiger partial charge in [-0.05, 0) is 43.9 Å². The number of pyridine rings is 1. The molecule has 0 amide bonds. The molecule has 0 aromatic carbocycles. The van der Waals surface area contributed by atoms with Gasteiger partial charge in [-0.2, -0.15) is 5.10 Å². The monoisotopic (exact) mass is 437 g/mol. The van der Waals surface area contributed by atoms with Crippen molar-refractivity contribution < 1.29 is 14.3 Å². The number of aromatic nitrogens is 2. The van der Waals surface area contributed by atoms with Gasteiger partial charge in [-0.1, -0.05) is 6.07 Å². The van der Waals surface area contributed by atoms with Crippen molar-refractivity contribution in [2.45, 2.75) is 32.1 Å². The van der Waals surface area contributed by atoms with E-state index in [2.05, 4.69) is 7.05 Å². The number of fused-ring (bicyclic) bond motifs is 1. The van der Waals surface area contributed by atoms with Gasteiger partial charge >= 0.3 is 0 Å². The first kappa shape index (κ1) is 22.2. The lowest BCUT2D eigenvalue weighted by molar-refractivity contribution is -0.914. The van der Waals surface area contributed by atoms with Crippen LogP contribution in [0.1, 0.15) is 31.4 Å². The standard InChI is InChI=1S/C24H33N6O2/c1-30(11-5-2-6-12-30)13-7-8-20-24(22-9-3-4-10-29(22)28-20)27-21-17-23(32-15-14-31)19(26)16-18(21)25/h3-4,9-10,16-17,25,31H,2,5-8,11-15,26H2,1H3/q+1. The number of hydrogen-bond donors (Lipinski definition) is 3. The van der Waals surface area contributed by atoms with Crippen molar-refractivity contribution in [1.29, 1.82) is 5.41 Å². The lowest BCUT2D eigenvalue weighted by atomic mass is 10.1. The van der Waals surface area contributed by atoms with E-state index in [9.17, 15) is 0 Å². The lowest BCUT2D eigenvalue weighted by Gasteiger charge is -2.37. The zero-order valence-electron chi connectivity index (χ0n) is 18.8. The molecule has 0 atom stereocenters. The highest BCUT2D eigenvalue weighted by molar-refractivity contribution is 6.50. The molecule has 0 radical (unpaired) electrons. The van der Waals surface area contributed by atoms with E-state index in [1.807, 2.05) is 28.9 Å². The second-order valence-electron chi connectivity index (χ2n) is 8.87. The predicted octanol–water partition coefficient (Wildman–Crippen LogP) is 2.74. The summed E-state index contributed by atoms with van der Waals surface area (Å²) in [5, 5.41) is 22.2. The van der Waals surface area contributed by atoms with Gasteiger partial charge in [0.05, 0.1) is 61.6 Å². The predicted molar refractivity (Wildman–Crippen MR) is 126 cm³/mol. The summed E-state index contributed by atoms with van der Waals surface area (Å²) >= 11 is 0. The largest absolute Gasteiger partial charge is 0.489 e. The zero-order valence-corrected chi connectivity index (χ0v) is 18.8. The molecule has 1 saturated heterocycles. The van der Waals surface area contributed by atoms with Gasteiger partial charge < -0.3 is 20.1 Å². The number of aryl methyl sites for hydroxylation is 1. The van der Waals surface area contributed by atoms with Crippen LogP contribution in [0.2, 0.25) is 0 Å². The summed E-state index contributed by atoms with van der Waals surface area (Å²) in [6, 6.07) is 5.92. The van der Waals surface area contributed by atoms with Crippen molar-refractivity contribution >= 4 is 22.6 Å². The summed E-state index contributed by atoms with van der Waals surface area (Å²) in [6.07, 6.45) is 11.0. The number of quaternary nitrogens is 1. The van der Waals surface area contributed by atoms with Gasteiger partial charge in [-0.3, -0.25) is 5.41 Å². The van der Waals surface area contributed by atoms with Gasteiger partial charge in [-0.15, -0.1) is 0 Å². The van der Waals surface area contributed by atoms with Gasteiger partial charge in [0.15, 0.2) is 0 Å². The summed E-state index contributed by atoms with van der Waals surface area (Å²) in [7, 11) is 2.36. The molecule has 4 rings (SSSR count). The maximum atomic E-state index is 9.06. The SMILES string of the molecule is C[N+]1(CCCc2nn3ccccc3c2N=C2C=C(OCCO)C(N)=CC2=N)CCCCC1. The van der Waals surface area contributed by atoms with Gasteiger partial charge in [0, 0.05) is 18.7 Å². The number of nitrogens with zero attached hydrogens (tertiary/aromatic N) is 4. The summed E-state index contributed by atoms with van der Waals surface area (Å²) in [4.78, 5) is 4.85. The molecule has 8 nitrogen and oxygen atoms in total. The Labute approximate surface area is 188 Å². The Hall–Kier alpha value is -2.97. The highest BCUT2D eigenvalue weighted by Gasteiger charge is 2.25. The number of likely N-dealkylation sites (tertiary alicyclic amines) is 1. The Balaban J connectivity index is 1.61. The number of aliphatic imine (C=N–C) groups is 1. The molecule has 2 aromatic rings. The second-order valence-corrected chi connectivity index (χ2v) is 8.87. The van der Waals surface area contributed by atoms with Crippen LogP contribution in [0.3, 0.4) is 0 Å². The molecular weight excluding hydrogens is 404 g/mol. The lowest BCUT2D eigenvalue weighted by Crippen LogP contribution is -2.48. The van der Waals surface area contributed by atoms with E-state index in [4.69, 9.17) is 31.1 Å². The van der Waals surface area contributed by atoms with Gasteiger partial charge in [-0.25, -0.2) is 9.51 Å². The van der Waals surface area contributed by atoms with Crippen LogP contribution in [0, 0.1) is 5.41 Å². The second kappa shape index (κ2) is 9.67. The van der Waals surface area contributed by atoms with E-state index in [-0.39, 0.29) is 18.9 Å². The van der Waals surface area contributed by atoms with Crippen LogP contribution in [0.25, 0.3) is 5.52 Å². The van der Waals surface area contributed by atoms with Crippen LogP contribution in [-0.2, 0) is 11.2 Å². The molecule has 1 fully saturated rings. The third-order valence-electron chi connectivity index (χ3n) is 6.30. The third-order valence-corrected chi connectivity index (χ3v) is 6.30. The summed E-state index contributed by atoms with van der Waals surface area (Å²) in [6.45, 7) is 3.68.